The summed E-state index contributed by atoms with van der Waals surface area (Å²) in [6.45, 7) is 0. The maximum Gasteiger partial charge on any atom is 0.313 e. The molecule has 2 N–H and O–H groups in total. The van der Waals surface area contributed by atoms with Crippen LogP contribution in [-0.4, -0.2) is 38.3 Å². The first-order valence-corrected chi connectivity index (χ1v) is 6.95. The van der Waals surface area contributed by atoms with Gasteiger partial charge in [-0.25, -0.2) is 4.99 Å². The van der Waals surface area contributed by atoms with E-state index in [1.54, 1.807) is 30.5 Å². The summed E-state index contributed by atoms with van der Waals surface area (Å²) in [5, 5.41) is 25.8. The molecule has 0 amide bonds. The summed E-state index contributed by atoms with van der Waals surface area (Å²) in [7, 11) is 0. The molecular weight excluding hydrogens is 286 g/mol. The van der Waals surface area contributed by atoms with Crippen molar-refractivity contribution in [3.8, 4) is 5.75 Å². The highest BCUT2D eigenvalue weighted by Gasteiger charge is 2.05. The molecule has 1 aromatic carbocycles. The molecule has 1 aromatic heterocycles. The van der Waals surface area contributed by atoms with E-state index < -0.39 is 5.97 Å². The average molecular weight is 295 g/mol. The van der Waals surface area contributed by atoms with Gasteiger partial charge in [0.2, 0.25) is 5.13 Å². The average Bonchev–Trinajstić information content (AvgIpc) is 2.84. The number of nitrogens with zero attached hydrogens (tertiary/aromatic N) is 3. The van der Waals surface area contributed by atoms with Crippen LogP contribution in [0.3, 0.4) is 0 Å². The van der Waals surface area contributed by atoms with E-state index in [1.165, 1.54) is 11.3 Å². The number of aromatic nitrogens is 2. The van der Waals surface area contributed by atoms with E-state index in [0.717, 1.165) is 17.3 Å². The number of carboxylic acid groups (broad SMARTS) is 1. The van der Waals surface area contributed by atoms with Crippen molar-refractivity contribution in [2.24, 2.45) is 4.99 Å². The standard InChI is InChI=1S/C11H9N3O3S2/c15-8-3-1-7(2-4-8)5-12-10-13-14-11(19-10)18-6-9(16)17/h1-5,15H,6H2,(H,16,17)/b12-5+. The van der Waals surface area contributed by atoms with Gasteiger partial charge in [-0.05, 0) is 29.8 Å². The summed E-state index contributed by atoms with van der Waals surface area (Å²) in [6, 6.07) is 6.57. The van der Waals surface area contributed by atoms with Crippen LogP contribution >= 0.6 is 23.1 Å². The molecule has 0 saturated heterocycles. The quantitative estimate of drug-likeness (QED) is 0.648. The van der Waals surface area contributed by atoms with Crippen LogP contribution in [0.25, 0.3) is 0 Å². The van der Waals surface area contributed by atoms with Crippen LogP contribution in [-0.2, 0) is 4.79 Å². The zero-order chi connectivity index (χ0) is 13.7. The molecule has 1 heterocycles. The molecule has 0 spiro atoms. The minimum atomic E-state index is -0.894. The van der Waals surface area contributed by atoms with E-state index in [4.69, 9.17) is 10.2 Å². The normalized spacial score (nSPS) is 10.9. The summed E-state index contributed by atoms with van der Waals surface area (Å²) in [5.74, 6) is -0.745. The zero-order valence-corrected chi connectivity index (χ0v) is 11.2. The van der Waals surface area contributed by atoms with E-state index >= 15 is 0 Å². The van der Waals surface area contributed by atoms with Crippen LogP contribution in [0.5, 0.6) is 5.75 Å². The minimum Gasteiger partial charge on any atom is -0.508 e. The highest BCUT2D eigenvalue weighted by atomic mass is 32.2. The lowest BCUT2D eigenvalue weighted by Crippen LogP contribution is -1.96. The van der Waals surface area contributed by atoms with Crippen LogP contribution in [0.1, 0.15) is 5.56 Å². The maximum atomic E-state index is 10.4. The van der Waals surface area contributed by atoms with Crippen molar-refractivity contribution in [1.29, 1.82) is 0 Å². The molecule has 2 aromatic rings. The molecule has 98 valence electrons. The molecule has 6 nitrogen and oxygen atoms in total. The Bertz CT molecular complexity index is 595. The van der Waals surface area contributed by atoms with E-state index in [2.05, 4.69) is 15.2 Å². The third-order valence-electron chi connectivity index (χ3n) is 1.93. The van der Waals surface area contributed by atoms with Gasteiger partial charge in [-0.15, -0.1) is 10.2 Å². The number of aliphatic imine (C=N–C) groups is 1. The molecule has 19 heavy (non-hydrogen) atoms. The van der Waals surface area contributed by atoms with Crippen molar-refractivity contribution in [1.82, 2.24) is 10.2 Å². The molecule has 0 atom stereocenters. The predicted molar refractivity (Wildman–Crippen MR) is 73.6 cm³/mol. The Balaban J connectivity index is 1.99. The predicted octanol–water partition coefficient (Wildman–Crippen LogP) is 2.17. The maximum absolute atomic E-state index is 10.4. The molecule has 0 saturated carbocycles. The number of rotatable bonds is 5. The van der Waals surface area contributed by atoms with E-state index in [0.29, 0.717) is 9.47 Å². The number of carbonyl (C=O) groups is 1. The Kier molecular flexibility index (Phi) is 4.48. The number of thioether (sulfide) groups is 1. The minimum absolute atomic E-state index is 0.0453. The van der Waals surface area contributed by atoms with Crippen molar-refractivity contribution in [2.45, 2.75) is 4.34 Å². The zero-order valence-electron chi connectivity index (χ0n) is 9.55. The van der Waals surface area contributed by atoms with Gasteiger partial charge < -0.3 is 10.2 Å². The second-order valence-electron chi connectivity index (χ2n) is 3.38. The number of aliphatic carboxylic acids is 1. The van der Waals surface area contributed by atoms with Gasteiger partial charge in [-0.2, -0.15) is 0 Å². The van der Waals surface area contributed by atoms with E-state index in [9.17, 15) is 4.79 Å². The Morgan fingerprint density at radius 1 is 1.37 bits per heavy atom. The lowest BCUT2D eigenvalue weighted by molar-refractivity contribution is -0.133. The summed E-state index contributed by atoms with van der Waals surface area (Å²) < 4.78 is 0.570. The Hall–Kier alpha value is -1.93. The van der Waals surface area contributed by atoms with Gasteiger partial charge in [0.1, 0.15) is 5.75 Å². The molecule has 0 aliphatic carbocycles. The number of aromatic hydroxyl groups is 1. The fraction of sp³-hybridized carbons (Fsp3) is 0.0909. The van der Waals surface area contributed by atoms with Crippen LogP contribution in [0.4, 0.5) is 5.13 Å². The lowest BCUT2D eigenvalue weighted by atomic mass is 10.2. The number of carboxylic acids is 1. The second kappa shape index (κ2) is 6.30. The molecule has 0 radical (unpaired) electrons. The van der Waals surface area contributed by atoms with Crippen LogP contribution < -0.4 is 0 Å². The Morgan fingerprint density at radius 2 is 2.11 bits per heavy atom. The van der Waals surface area contributed by atoms with Gasteiger partial charge in [-0.1, -0.05) is 23.1 Å². The van der Waals surface area contributed by atoms with Gasteiger partial charge >= 0.3 is 5.97 Å². The van der Waals surface area contributed by atoms with Crippen molar-refractivity contribution >= 4 is 40.4 Å². The fourth-order valence-electron chi connectivity index (χ4n) is 1.13. The van der Waals surface area contributed by atoms with Gasteiger partial charge in [0.15, 0.2) is 4.34 Å². The summed E-state index contributed by atoms with van der Waals surface area (Å²) in [6.07, 6.45) is 1.60. The first-order valence-electron chi connectivity index (χ1n) is 5.15. The van der Waals surface area contributed by atoms with E-state index in [1.807, 2.05) is 0 Å². The highest BCUT2D eigenvalue weighted by molar-refractivity contribution is 8.01. The van der Waals surface area contributed by atoms with E-state index in [-0.39, 0.29) is 11.5 Å². The van der Waals surface area contributed by atoms with Crippen LogP contribution in [0.15, 0.2) is 33.6 Å². The largest absolute Gasteiger partial charge is 0.508 e. The lowest BCUT2D eigenvalue weighted by Gasteiger charge is -1.92. The molecule has 0 aliphatic rings. The molecule has 0 fully saturated rings. The third-order valence-corrected chi connectivity index (χ3v) is 3.88. The number of phenols is 1. The van der Waals surface area contributed by atoms with Crippen molar-refractivity contribution in [3.63, 3.8) is 0 Å². The number of hydrogen-bond acceptors (Lipinski definition) is 7. The van der Waals surface area contributed by atoms with Crippen LogP contribution in [0, 0.1) is 0 Å². The topological polar surface area (TPSA) is 95.7 Å². The molecule has 0 unspecified atom stereocenters. The first-order chi connectivity index (χ1) is 9.13. The van der Waals surface area contributed by atoms with Crippen molar-refractivity contribution < 1.29 is 15.0 Å². The second-order valence-corrected chi connectivity index (χ2v) is 5.56. The highest BCUT2D eigenvalue weighted by Crippen LogP contribution is 2.27. The summed E-state index contributed by atoms with van der Waals surface area (Å²) in [5.41, 5.74) is 0.827. The fourth-order valence-corrected chi connectivity index (χ4v) is 2.53. The van der Waals surface area contributed by atoms with Crippen molar-refractivity contribution in [2.75, 3.05) is 5.75 Å². The smallest absolute Gasteiger partial charge is 0.313 e. The molecule has 0 aliphatic heterocycles. The monoisotopic (exact) mass is 295 g/mol. The summed E-state index contributed by atoms with van der Waals surface area (Å²) >= 11 is 2.34. The van der Waals surface area contributed by atoms with Crippen LogP contribution in [0.2, 0.25) is 0 Å². The molecule has 0 bridgehead atoms. The number of hydrogen-bond donors (Lipinski definition) is 2. The molecular formula is C11H9N3O3S2. The van der Waals surface area contributed by atoms with Crippen molar-refractivity contribution in [3.05, 3.63) is 29.8 Å². The number of phenolic OH excluding ortho intramolecular Hbond substituents is 1. The third kappa shape index (κ3) is 4.34. The summed E-state index contributed by atoms with van der Waals surface area (Å²) in [4.78, 5) is 14.5. The van der Waals surface area contributed by atoms with Gasteiger partial charge in [0.05, 0.1) is 5.75 Å². The molecule has 2 rings (SSSR count). The van der Waals surface area contributed by atoms with Gasteiger partial charge in [-0.3, -0.25) is 4.79 Å². The Labute approximate surface area is 116 Å². The Morgan fingerprint density at radius 3 is 2.79 bits per heavy atom. The molecule has 8 heteroatoms. The van der Waals surface area contributed by atoms with Gasteiger partial charge in [0.25, 0.3) is 0 Å². The van der Waals surface area contributed by atoms with Gasteiger partial charge in [0, 0.05) is 6.21 Å². The number of benzene rings is 1. The first kappa shape index (κ1) is 13.5. The SMILES string of the molecule is O=C(O)CSc1nnc(/N=C/c2ccc(O)cc2)s1.